The summed E-state index contributed by atoms with van der Waals surface area (Å²) in [5, 5.41) is 22.2. The number of amides is 1. The van der Waals surface area contributed by atoms with Crippen LogP contribution in [0.4, 0.5) is 28.4 Å². The Morgan fingerprint density at radius 1 is 0.703 bits per heavy atom. The number of morpholine rings is 2. The molecule has 0 atom stereocenters. The Bertz CT molecular complexity index is 1150. The molecular formula is C24H28ClN5O7. The average Bonchev–Trinajstić information content (AvgIpc) is 3.35. The zero-order valence-corrected chi connectivity index (χ0v) is 21.0. The molecule has 0 spiro atoms. The number of anilines is 3. The maximum absolute atomic E-state index is 11.9. The van der Waals surface area contributed by atoms with Crippen LogP contribution in [0, 0.1) is 20.2 Å². The van der Waals surface area contributed by atoms with E-state index in [4.69, 9.17) is 21.1 Å². The highest BCUT2D eigenvalue weighted by atomic mass is 35.5. The predicted molar refractivity (Wildman–Crippen MR) is 139 cm³/mol. The molecule has 0 N–H and O–H groups in total. The Hall–Kier alpha value is -3.48. The highest BCUT2D eigenvalue weighted by molar-refractivity contribution is 6.31. The summed E-state index contributed by atoms with van der Waals surface area (Å²) >= 11 is 5.85. The molecule has 13 heteroatoms. The van der Waals surface area contributed by atoms with Gasteiger partial charge in [-0.25, -0.2) is 0 Å². The lowest BCUT2D eigenvalue weighted by Crippen LogP contribution is -2.36. The van der Waals surface area contributed by atoms with E-state index in [1.807, 2.05) is 11.0 Å². The minimum absolute atomic E-state index is 0.0219. The van der Waals surface area contributed by atoms with E-state index in [9.17, 15) is 25.0 Å². The van der Waals surface area contributed by atoms with E-state index in [0.29, 0.717) is 63.2 Å². The standard InChI is InChI=1S/C14H17N3O4.C10H11ClN2O3/c18-14-2-1-3-16(14)12-8-11(9-13(10-12)17(19)20)15-4-6-21-7-5-15;11-8-5-9(7-10(6-8)13(14)15)12-1-3-16-4-2-12/h8-10H,1-7H2;5-7H,1-4H2. The summed E-state index contributed by atoms with van der Waals surface area (Å²) in [5.41, 5.74) is 2.22. The van der Waals surface area contributed by atoms with Crippen molar-refractivity contribution >= 4 is 45.9 Å². The van der Waals surface area contributed by atoms with Crippen molar-refractivity contribution in [2.45, 2.75) is 12.8 Å². The molecule has 2 aromatic carbocycles. The molecular weight excluding hydrogens is 506 g/mol. The van der Waals surface area contributed by atoms with Crippen molar-refractivity contribution in [1.29, 1.82) is 0 Å². The molecule has 0 aliphatic carbocycles. The number of ether oxygens (including phenoxy) is 2. The Morgan fingerprint density at radius 2 is 1.19 bits per heavy atom. The third kappa shape index (κ3) is 6.85. The molecule has 2 aromatic rings. The van der Waals surface area contributed by atoms with Gasteiger partial charge in [-0.3, -0.25) is 25.0 Å². The highest BCUT2D eigenvalue weighted by Gasteiger charge is 2.25. The number of rotatable bonds is 5. The molecule has 0 radical (unpaired) electrons. The van der Waals surface area contributed by atoms with Crippen LogP contribution >= 0.6 is 11.6 Å². The van der Waals surface area contributed by atoms with Gasteiger partial charge in [-0.15, -0.1) is 0 Å². The molecule has 0 aromatic heterocycles. The lowest BCUT2D eigenvalue weighted by atomic mass is 10.2. The SMILES string of the molecule is O=C1CCCN1c1cc(N2CCOCC2)cc([N+](=O)[O-])c1.O=[N+]([O-])c1cc(Cl)cc(N2CCOCC2)c1. The fourth-order valence-corrected chi connectivity index (χ4v) is 4.66. The van der Waals surface area contributed by atoms with Crippen molar-refractivity contribution in [2.24, 2.45) is 0 Å². The van der Waals surface area contributed by atoms with E-state index < -0.39 is 9.85 Å². The van der Waals surface area contributed by atoms with Gasteiger partial charge in [-0.1, -0.05) is 11.6 Å². The van der Waals surface area contributed by atoms with Gasteiger partial charge in [-0.2, -0.15) is 0 Å². The van der Waals surface area contributed by atoms with E-state index >= 15 is 0 Å². The van der Waals surface area contributed by atoms with Crippen molar-refractivity contribution < 1.29 is 24.1 Å². The van der Waals surface area contributed by atoms with E-state index in [1.165, 1.54) is 18.2 Å². The van der Waals surface area contributed by atoms with Crippen LogP contribution in [0.5, 0.6) is 0 Å². The van der Waals surface area contributed by atoms with Crippen LogP contribution in [0.15, 0.2) is 36.4 Å². The summed E-state index contributed by atoms with van der Waals surface area (Å²) in [6, 6.07) is 9.53. The number of halogens is 1. The van der Waals surface area contributed by atoms with E-state index in [1.54, 1.807) is 17.0 Å². The van der Waals surface area contributed by atoms with Crippen molar-refractivity contribution in [3.05, 3.63) is 61.6 Å². The molecule has 5 rings (SSSR count). The quantitative estimate of drug-likeness (QED) is 0.417. The van der Waals surface area contributed by atoms with Gasteiger partial charge in [0.1, 0.15) is 0 Å². The van der Waals surface area contributed by atoms with Crippen LogP contribution in [0.25, 0.3) is 0 Å². The number of non-ortho nitro benzene ring substituents is 2. The number of nitro groups is 2. The van der Waals surface area contributed by atoms with Gasteiger partial charge in [0.25, 0.3) is 11.4 Å². The maximum atomic E-state index is 11.9. The number of carbonyl (C=O) groups is 1. The van der Waals surface area contributed by atoms with E-state index in [0.717, 1.165) is 30.9 Å². The lowest BCUT2D eigenvalue weighted by Gasteiger charge is -2.29. The number of hydrogen-bond acceptors (Lipinski definition) is 9. The summed E-state index contributed by atoms with van der Waals surface area (Å²) < 4.78 is 10.5. The average molecular weight is 534 g/mol. The van der Waals surface area contributed by atoms with Crippen LogP contribution in [-0.2, 0) is 14.3 Å². The fourth-order valence-electron chi connectivity index (χ4n) is 4.43. The maximum Gasteiger partial charge on any atom is 0.273 e. The van der Waals surface area contributed by atoms with Crippen LogP contribution in [0.2, 0.25) is 5.02 Å². The third-order valence-electron chi connectivity index (χ3n) is 6.31. The van der Waals surface area contributed by atoms with Crippen LogP contribution in [0.1, 0.15) is 12.8 Å². The first-order chi connectivity index (χ1) is 17.8. The zero-order chi connectivity index (χ0) is 26.4. The summed E-state index contributed by atoms with van der Waals surface area (Å²) in [4.78, 5) is 38.6. The van der Waals surface area contributed by atoms with Crippen LogP contribution in [0.3, 0.4) is 0 Å². The molecule has 3 saturated heterocycles. The first-order valence-electron chi connectivity index (χ1n) is 12.0. The first-order valence-corrected chi connectivity index (χ1v) is 12.4. The minimum atomic E-state index is -0.435. The first kappa shape index (κ1) is 26.6. The molecule has 3 aliphatic rings. The number of benzene rings is 2. The van der Waals surface area contributed by atoms with Gasteiger partial charge >= 0.3 is 0 Å². The topological polar surface area (TPSA) is 132 Å². The summed E-state index contributed by atoms with van der Waals surface area (Å²) in [6.45, 7) is 6.00. The van der Waals surface area contributed by atoms with Gasteiger partial charge in [0, 0.05) is 79.8 Å². The van der Waals surface area contributed by atoms with E-state index in [2.05, 4.69) is 4.90 Å². The Kier molecular flexibility index (Phi) is 8.74. The van der Waals surface area contributed by atoms with E-state index in [-0.39, 0.29) is 17.3 Å². The molecule has 0 unspecified atom stereocenters. The number of hydrogen-bond donors (Lipinski definition) is 0. The monoisotopic (exact) mass is 533 g/mol. The van der Waals surface area contributed by atoms with Gasteiger partial charge < -0.3 is 24.2 Å². The number of nitrogens with zero attached hydrogens (tertiary/aromatic N) is 5. The van der Waals surface area contributed by atoms with Crippen molar-refractivity contribution in [1.82, 2.24) is 0 Å². The number of carbonyl (C=O) groups excluding carboxylic acids is 1. The highest BCUT2D eigenvalue weighted by Crippen LogP contribution is 2.32. The Morgan fingerprint density at radius 3 is 1.68 bits per heavy atom. The third-order valence-corrected chi connectivity index (χ3v) is 6.53. The fraction of sp³-hybridized carbons (Fsp3) is 0.458. The van der Waals surface area contributed by atoms with Gasteiger partial charge in [0.15, 0.2) is 0 Å². The molecule has 1 amide bonds. The zero-order valence-electron chi connectivity index (χ0n) is 20.2. The normalized spacial score (nSPS) is 17.9. The predicted octanol–water partition coefficient (Wildman–Crippen LogP) is 3.64. The summed E-state index contributed by atoms with van der Waals surface area (Å²) in [5.74, 6) is 0.0309. The van der Waals surface area contributed by atoms with Crippen molar-refractivity contribution in [2.75, 3.05) is 73.9 Å². The molecule has 3 heterocycles. The summed E-state index contributed by atoms with van der Waals surface area (Å²) in [6.07, 6.45) is 1.31. The minimum Gasteiger partial charge on any atom is -0.378 e. The second-order valence-electron chi connectivity index (χ2n) is 8.74. The second-order valence-corrected chi connectivity index (χ2v) is 9.17. The molecule has 3 aliphatic heterocycles. The molecule has 0 bridgehead atoms. The van der Waals surface area contributed by atoms with Crippen LogP contribution in [-0.4, -0.2) is 74.9 Å². The second kappa shape index (κ2) is 12.2. The molecule has 12 nitrogen and oxygen atoms in total. The molecule has 37 heavy (non-hydrogen) atoms. The Balaban J connectivity index is 0.000000180. The van der Waals surface area contributed by atoms with Gasteiger partial charge in [0.2, 0.25) is 5.91 Å². The van der Waals surface area contributed by atoms with Crippen LogP contribution < -0.4 is 14.7 Å². The molecule has 3 fully saturated rings. The van der Waals surface area contributed by atoms with Crippen molar-refractivity contribution in [3.63, 3.8) is 0 Å². The Labute approximate surface area is 218 Å². The van der Waals surface area contributed by atoms with Gasteiger partial charge in [0.05, 0.1) is 42.0 Å². The molecule has 0 saturated carbocycles. The smallest absolute Gasteiger partial charge is 0.273 e. The molecule has 198 valence electrons. The van der Waals surface area contributed by atoms with Gasteiger partial charge in [-0.05, 0) is 18.6 Å². The largest absolute Gasteiger partial charge is 0.378 e. The number of nitro benzene ring substituents is 2. The lowest BCUT2D eigenvalue weighted by molar-refractivity contribution is -0.384. The van der Waals surface area contributed by atoms with Crippen molar-refractivity contribution in [3.8, 4) is 0 Å². The summed E-state index contributed by atoms with van der Waals surface area (Å²) in [7, 11) is 0.